The first-order valence-electron chi connectivity index (χ1n) is 15.8. The number of nitrogens with zero attached hydrogens (tertiary/aromatic N) is 4. The SMILES string of the molecule is CC1CCCC(C2CCC(CC3CN(CC(=O)O)CCN(CC(=O)O)CCN(CC(=O)O)CCN3CC(=O)O)CC2)C1. The minimum absolute atomic E-state index is 0.201. The maximum atomic E-state index is 12.0. The summed E-state index contributed by atoms with van der Waals surface area (Å²) in [6.07, 6.45) is 10.6. The summed E-state index contributed by atoms with van der Waals surface area (Å²) in [6, 6.07) is -0.212. The van der Waals surface area contributed by atoms with Crippen LogP contribution in [0.15, 0.2) is 0 Å². The summed E-state index contributed by atoms with van der Waals surface area (Å²) < 4.78 is 0. The molecule has 0 spiro atoms. The van der Waals surface area contributed by atoms with Gasteiger partial charge in [-0.1, -0.05) is 39.0 Å². The van der Waals surface area contributed by atoms with Crippen molar-refractivity contribution in [2.75, 3.05) is 72.0 Å². The summed E-state index contributed by atoms with van der Waals surface area (Å²) >= 11 is 0. The zero-order chi connectivity index (χ0) is 30.6. The highest BCUT2D eigenvalue weighted by Crippen LogP contribution is 2.42. The van der Waals surface area contributed by atoms with Gasteiger partial charge >= 0.3 is 23.9 Å². The van der Waals surface area contributed by atoms with Gasteiger partial charge in [0.2, 0.25) is 0 Å². The number of hydrogen-bond donors (Lipinski definition) is 4. The summed E-state index contributed by atoms with van der Waals surface area (Å²) in [4.78, 5) is 54.0. The topological polar surface area (TPSA) is 162 Å². The van der Waals surface area contributed by atoms with Crippen molar-refractivity contribution in [1.29, 1.82) is 0 Å². The molecule has 4 N–H and O–H groups in total. The number of carboxylic acid groups (broad SMARTS) is 4. The van der Waals surface area contributed by atoms with E-state index in [1.165, 1.54) is 38.5 Å². The number of aliphatic carboxylic acids is 4. The van der Waals surface area contributed by atoms with Crippen molar-refractivity contribution in [2.45, 2.75) is 70.8 Å². The van der Waals surface area contributed by atoms with Gasteiger partial charge in [0.1, 0.15) is 0 Å². The predicted octanol–water partition coefficient (Wildman–Crippen LogP) is 1.94. The van der Waals surface area contributed by atoms with Crippen molar-refractivity contribution in [3.8, 4) is 0 Å². The van der Waals surface area contributed by atoms with E-state index in [2.05, 4.69) is 6.92 Å². The number of carboxylic acids is 4. The molecule has 3 unspecified atom stereocenters. The molecule has 12 heteroatoms. The maximum absolute atomic E-state index is 12.0. The van der Waals surface area contributed by atoms with E-state index < -0.39 is 23.9 Å². The fourth-order valence-electron chi connectivity index (χ4n) is 7.58. The molecule has 3 aliphatic rings. The van der Waals surface area contributed by atoms with E-state index >= 15 is 0 Å². The Morgan fingerprint density at radius 2 is 1.10 bits per heavy atom. The largest absolute Gasteiger partial charge is 0.480 e. The lowest BCUT2D eigenvalue weighted by Gasteiger charge is -2.41. The molecule has 1 heterocycles. The van der Waals surface area contributed by atoms with Crippen molar-refractivity contribution in [3.63, 3.8) is 0 Å². The Labute approximate surface area is 249 Å². The Hall–Kier alpha value is -2.28. The van der Waals surface area contributed by atoms with Gasteiger partial charge in [0.25, 0.3) is 0 Å². The monoisotopic (exact) mass is 596 g/mol. The van der Waals surface area contributed by atoms with Gasteiger partial charge in [-0.3, -0.25) is 38.8 Å². The Kier molecular flexibility index (Phi) is 13.9. The molecule has 2 aliphatic carbocycles. The fourth-order valence-corrected chi connectivity index (χ4v) is 7.58. The quantitative estimate of drug-likeness (QED) is 0.275. The van der Waals surface area contributed by atoms with Crippen LogP contribution in [-0.4, -0.2) is 142 Å². The van der Waals surface area contributed by atoms with Gasteiger partial charge in [0.15, 0.2) is 0 Å². The van der Waals surface area contributed by atoms with Crippen molar-refractivity contribution < 1.29 is 39.6 Å². The van der Waals surface area contributed by atoms with E-state index in [-0.39, 0.29) is 32.2 Å². The molecule has 0 aromatic heterocycles. The van der Waals surface area contributed by atoms with E-state index in [0.29, 0.717) is 51.7 Å². The van der Waals surface area contributed by atoms with Crippen LogP contribution in [0.2, 0.25) is 0 Å². The van der Waals surface area contributed by atoms with Crippen LogP contribution in [0.1, 0.15) is 64.7 Å². The molecule has 3 fully saturated rings. The van der Waals surface area contributed by atoms with Crippen molar-refractivity contribution in [3.05, 3.63) is 0 Å². The molecule has 1 aliphatic heterocycles. The molecule has 12 nitrogen and oxygen atoms in total. The number of rotatable bonds is 11. The minimum Gasteiger partial charge on any atom is -0.480 e. The van der Waals surface area contributed by atoms with Crippen LogP contribution in [-0.2, 0) is 19.2 Å². The second kappa shape index (κ2) is 17.1. The zero-order valence-corrected chi connectivity index (χ0v) is 25.2. The van der Waals surface area contributed by atoms with Crippen molar-refractivity contribution >= 4 is 23.9 Å². The van der Waals surface area contributed by atoms with Crippen LogP contribution in [0.25, 0.3) is 0 Å². The lowest BCUT2D eigenvalue weighted by molar-refractivity contribution is -0.142. The molecule has 3 rings (SSSR count). The van der Waals surface area contributed by atoms with Crippen LogP contribution in [0.5, 0.6) is 0 Å². The van der Waals surface area contributed by atoms with Crippen LogP contribution in [0.4, 0.5) is 0 Å². The minimum atomic E-state index is -1.000. The molecule has 0 bridgehead atoms. The molecule has 1 saturated heterocycles. The summed E-state index contributed by atoms with van der Waals surface area (Å²) in [7, 11) is 0. The third-order valence-corrected chi connectivity index (χ3v) is 9.71. The summed E-state index contributed by atoms with van der Waals surface area (Å²) in [5, 5.41) is 38.3. The van der Waals surface area contributed by atoms with Gasteiger partial charge in [-0.2, -0.15) is 0 Å². The average Bonchev–Trinajstić information content (AvgIpc) is 2.90. The summed E-state index contributed by atoms with van der Waals surface area (Å²) in [6.45, 7) is 3.78. The molecule has 240 valence electrons. The van der Waals surface area contributed by atoms with E-state index in [1.807, 2.05) is 9.80 Å². The molecule has 0 aromatic carbocycles. The maximum Gasteiger partial charge on any atom is 0.317 e. The van der Waals surface area contributed by atoms with Crippen molar-refractivity contribution in [2.24, 2.45) is 23.7 Å². The van der Waals surface area contributed by atoms with E-state index in [0.717, 1.165) is 37.0 Å². The first-order chi connectivity index (χ1) is 20.0. The molecular weight excluding hydrogens is 544 g/mol. The lowest BCUT2D eigenvalue weighted by atomic mass is 9.68. The first-order valence-corrected chi connectivity index (χ1v) is 15.8. The number of hydrogen-bond acceptors (Lipinski definition) is 8. The van der Waals surface area contributed by atoms with E-state index in [9.17, 15) is 39.6 Å². The summed E-state index contributed by atoms with van der Waals surface area (Å²) in [5.74, 6) is -1.17. The Morgan fingerprint density at radius 3 is 1.62 bits per heavy atom. The first kappa shape index (κ1) is 34.2. The average molecular weight is 597 g/mol. The van der Waals surface area contributed by atoms with E-state index in [1.54, 1.807) is 9.80 Å². The predicted molar refractivity (Wildman–Crippen MR) is 156 cm³/mol. The molecule has 0 amide bonds. The Morgan fingerprint density at radius 1 is 0.595 bits per heavy atom. The van der Waals surface area contributed by atoms with Crippen LogP contribution < -0.4 is 0 Å². The standard InChI is InChI=1S/C30H52N4O8/c1-22-3-2-4-25(15-22)24-7-5-23(6-8-24)16-26-17-33(20-29(39)40)12-11-31(18-27(35)36)9-10-32(19-28(37)38)13-14-34(26)21-30(41)42/h22-26H,2-21H2,1H3,(H,35,36)(H,37,38)(H,39,40)(H,41,42). The molecule has 0 aromatic rings. The summed E-state index contributed by atoms with van der Waals surface area (Å²) in [5.41, 5.74) is 0. The lowest BCUT2D eigenvalue weighted by Crippen LogP contribution is -2.53. The highest BCUT2D eigenvalue weighted by atomic mass is 16.4. The van der Waals surface area contributed by atoms with Crippen LogP contribution in [0.3, 0.4) is 0 Å². The molecular formula is C30H52N4O8. The van der Waals surface area contributed by atoms with Crippen LogP contribution >= 0.6 is 0 Å². The highest BCUT2D eigenvalue weighted by Gasteiger charge is 2.34. The van der Waals surface area contributed by atoms with Gasteiger partial charge in [0, 0.05) is 51.9 Å². The third-order valence-electron chi connectivity index (χ3n) is 9.71. The normalized spacial score (nSPS) is 30.2. The smallest absolute Gasteiger partial charge is 0.317 e. The fraction of sp³-hybridized carbons (Fsp3) is 0.867. The zero-order valence-electron chi connectivity index (χ0n) is 25.2. The molecule has 0 radical (unpaired) electrons. The van der Waals surface area contributed by atoms with Crippen LogP contribution in [0, 0.1) is 23.7 Å². The van der Waals surface area contributed by atoms with Gasteiger partial charge in [-0.25, -0.2) is 0 Å². The second-order valence-corrected chi connectivity index (χ2v) is 13.0. The molecule has 2 saturated carbocycles. The molecule has 3 atom stereocenters. The molecule has 42 heavy (non-hydrogen) atoms. The van der Waals surface area contributed by atoms with E-state index in [4.69, 9.17) is 0 Å². The number of carbonyl (C=O) groups is 4. The van der Waals surface area contributed by atoms with Gasteiger partial charge in [0.05, 0.1) is 26.2 Å². The Balaban J connectivity index is 1.78. The highest BCUT2D eigenvalue weighted by molar-refractivity contribution is 5.70. The van der Waals surface area contributed by atoms with Gasteiger partial charge in [-0.05, 0) is 49.4 Å². The van der Waals surface area contributed by atoms with Gasteiger partial charge in [-0.15, -0.1) is 0 Å². The van der Waals surface area contributed by atoms with Gasteiger partial charge < -0.3 is 20.4 Å². The Bertz CT molecular complexity index is 897. The second-order valence-electron chi connectivity index (χ2n) is 13.0. The van der Waals surface area contributed by atoms with Crippen molar-refractivity contribution in [1.82, 2.24) is 19.6 Å². The third kappa shape index (κ3) is 12.1.